The average molecular weight is 491 g/mol. The zero-order valence-electron chi connectivity index (χ0n) is 20.4. The monoisotopic (exact) mass is 491 g/mol. The molecule has 1 N–H and O–H groups in total. The number of hydrogen-bond acceptors (Lipinski definition) is 7. The van der Waals surface area contributed by atoms with Crippen LogP contribution < -0.4 is 5.32 Å². The first-order chi connectivity index (χ1) is 17.5. The second-order valence-electron chi connectivity index (χ2n) is 8.81. The van der Waals surface area contributed by atoms with E-state index in [4.69, 9.17) is 21.9 Å². The van der Waals surface area contributed by atoms with Gasteiger partial charge in [-0.2, -0.15) is 7.74 Å². The fraction of sp³-hybridized carbons (Fsp3) is 0.625. The minimum Gasteiger partial charge on any atom is -0.466 e. The Bertz CT molecular complexity index is 827. The maximum absolute atomic E-state index is 12.0. The predicted octanol–water partition coefficient (Wildman–Crippen LogP) is -0.247. The van der Waals surface area contributed by atoms with Gasteiger partial charge in [0.1, 0.15) is 6.61 Å². The molecule has 2 unspecified atom stereocenters. The van der Waals surface area contributed by atoms with Gasteiger partial charge in [0.15, 0.2) is 0 Å². The number of rotatable bonds is 6. The number of hydrogen-bond donors (Lipinski definition) is 1. The SMILES string of the molecule is CCOC(=O)C1[C@H]2CN(C(=O)OCc3ccccc3)C[C@@H]12.CCOC(=O)C1[C@H]2CNC[C@@H]12.[B][BH3-].[B][B]. The van der Waals surface area contributed by atoms with Crippen molar-refractivity contribution in [2.75, 3.05) is 39.4 Å². The van der Waals surface area contributed by atoms with E-state index >= 15 is 0 Å². The van der Waals surface area contributed by atoms with Crippen LogP contribution in [0.4, 0.5) is 4.79 Å². The molecule has 0 spiro atoms. The number of ether oxygens (including phenoxy) is 3. The van der Waals surface area contributed by atoms with Crippen molar-refractivity contribution in [1.29, 1.82) is 0 Å². The molecule has 12 heteroatoms. The summed E-state index contributed by atoms with van der Waals surface area (Å²) in [5, 5.41) is 3.24. The molecule has 2 aliphatic carbocycles. The van der Waals surface area contributed by atoms with Crippen LogP contribution in [0.5, 0.6) is 0 Å². The highest BCUT2D eigenvalue weighted by atomic mass is 16.6. The van der Waals surface area contributed by atoms with Gasteiger partial charge >= 0.3 is 18.0 Å². The van der Waals surface area contributed by atoms with E-state index in [2.05, 4.69) is 20.8 Å². The maximum atomic E-state index is 12.0. The van der Waals surface area contributed by atoms with Crippen molar-refractivity contribution in [3.63, 3.8) is 0 Å². The lowest BCUT2D eigenvalue weighted by Gasteiger charge is -2.19. The molecule has 1 amide bonds. The van der Waals surface area contributed by atoms with Gasteiger partial charge in [-0.15, -0.1) is 0 Å². The van der Waals surface area contributed by atoms with Crippen LogP contribution in [-0.4, -0.2) is 93.3 Å². The van der Waals surface area contributed by atoms with E-state index in [1.165, 1.54) is 0 Å². The number of nitrogens with zero attached hydrogens (tertiary/aromatic N) is 1. The normalized spacial score (nSPS) is 27.7. The second kappa shape index (κ2) is 15.0. The van der Waals surface area contributed by atoms with Crippen molar-refractivity contribution < 1.29 is 28.6 Å². The summed E-state index contributed by atoms with van der Waals surface area (Å²) in [5.41, 5.74) is 0.972. The Balaban J connectivity index is 0.000000256. The second-order valence-corrected chi connectivity index (χ2v) is 8.81. The molecule has 1 aromatic carbocycles. The lowest BCUT2D eigenvalue weighted by atomic mass is 9.81. The quantitative estimate of drug-likeness (QED) is 0.334. The summed E-state index contributed by atoms with van der Waals surface area (Å²) in [7, 11) is 13.0. The third-order valence-electron chi connectivity index (χ3n) is 6.87. The van der Waals surface area contributed by atoms with Gasteiger partial charge < -0.3 is 24.4 Å². The van der Waals surface area contributed by atoms with E-state index in [0.717, 1.165) is 18.7 Å². The van der Waals surface area contributed by atoms with Crippen LogP contribution in [0.25, 0.3) is 0 Å². The zero-order valence-corrected chi connectivity index (χ0v) is 20.4. The van der Waals surface area contributed by atoms with E-state index in [0.29, 0.717) is 38.1 Å². The molecule has 2 aliphatic heterocycles. The number of likely N-dealkylation sites (tertiary alicyclic amines) is 1. The molecule has 2 saturated carbocycles. The number of carbonyl (C=O) groups is 3. The third-order valence-corrected chi connectivity index (χ3v) is 6.87. The summed E-state index contributed by atoms with van der Waals surface area (Å²) in [6.07, 6.45) is -0.298. The van der Waals surface area contributed by atoms with Crippen molar-refractivity contribution in [2.24, 2.45) is 35.5 Å². The standard InChI is InChI=1S/C16H19NO4.C8H13NO2.B2H3.B2/c1-2-20-15(18)14-12-8-17(9-13(12)14)16(19)21-10-11-6-4-3-5-7-11;1-2-11-8(10)7-5-3-9-4-6(5)7;2*1-2/h3-7,12-14H,2,8-10H2,1H3;5-7,9H,2-4H2,1H3;1H3;/q;;-1;/t12-,13+,14?;5-,6+,7?;;. The van der Waals surface area contributed by atoms with Gasteiger partial charge in [0.2, 0.25) is 0 Å². The molecule has 1 aromatic rings. The average Bonchev–Trinajstić information content (AvgIpc) is 3.64. The number of carbonyl (C=O) groups excluding carboxylic acids is 3. The minimum atomic E-state index is -0.298. The molecule has 36 heavy (non-hydrogen) atoms. The van der Waals surface area contributed by atoms with Crippen LogP contribution in [0.3, 0.4) is 0 Å². The van der Waals surface area contributed by atoms with Crippen molar-refractivity contribution in [3.05, 3.63) is 35.9 Å². The zero-order chi connectivity index (χ0) is 26.7. The summed E-state index contributed by atoms with van der Waals surface area (Å²) in [6.45, 7) is 8.09. The van der Waals surface area contributed by atoms with Gasteiger partial charge in [-0.1, -0.05) is 38.1 Å². The fourth-order valence-corrected chi connectivity index (χ4v) is 5.08. The molecule has 8 nitrogen and oxygen atoms in total. The number of fused-ring (bicyclic) bond motifs is 2. The molecule has 2 saturated heterocycles. The molecule has 0 aromatic heterocycles. The first kappa shape index (κ1) is 29.9. The predicted molar refractivity (Wildman–Crippen MR) is 142 cm³/mol. The highest BCUT2D eigenvalue weighted by molar-refractivity contribution is 6.76. The molecular formula is C24H35B4N2O6-. The fourth-order valence-electron chi connectivity index (χ4n) is 5.08. The lowest BCUT2D eigenvalue weighted by Crippen LogP contribution is -2.33. The summed E-state index contributed by atoms with van der Waals surface area (Å²) in [6, 6.07) is 9.60. The van der Waals surface area contributed by atoms with Crippen LogP contribution in [0, 0.1) is 35.5 Å². The summed E-state index contributed by atoms with van der Waals surface area (Å²) >= 11 is 0. The number of piperidine rings is 2. The number of esters is 2. The topological polar surface area (TPSA) is 94.2 Å². The van der Waals surface area contributed by atoms with Crippen LogP contribution >= 0.6 is 0 Å². The number of nitrogens with one attached hydrogen (secondary N) is 1. The van der Waals surface area contributed by atoms with Gasteiger partial charge in [-0.25, -0.2) is 4.79 Å². The number of amides is 1. The molecule has 2 heterocycles. The largest absolute Gasteiger partial charge is 0.466 e. The molecular weight excluding hydrogens is 456 g/mol. The third kappa shape index (κ3) is 7.58. The molecule has 4 fully saturated rings. The van der Waals surface area contributed by atoms with Crippen LogP contribution in [0.1, 0.15) is 19.4 Å². The van der Waals surface area contributed by atoms with E-state index in [1.54, 1.807) is 4.90 Å². The molecule has 0 bridgehead atoms. The first-order valence-corrected chi connectivity index (χ1v) is 11.9. The maximum Gasteiger partial charge on any atom is 0.410 e. The van der Waals surface area contributed by atoms with Crippen LogP contribution in [-0.2, 0) is 30.4 Å². The molecule has 4 aliphatic rings. The van der Waals surface area contributed by atoms with Crippen LogP contribution in [0.2, 0.25) is 0 Å². The van der Waals surface area contributed by atoms with Crippen molar-refractivity contribution >= 4 is 49.0 Å². The number of benzene rings is 1. The Morgan fingerprint density at radius 1 is 0.861 bits per heavy atom. The Morgan fingerprint density at radius 3 is 1.81 bits per heavy atom. The van der Waals surface area contributed by atoms with E-state index in [1.807, 2.05) is 44.2 Å². The molecule has 6 atom stereocenters. The lowest BCUT2D eigenvalue weighted by molar-refractivity contribution is -0.146. The van der Waals surface area contributed by atoms with E-state index in [-0.39, 0.29) is 56.0 Å². The molecule has 190 valence electrons. The van der Waals surface area contributed by atoms with Gasteiger partial charge in [-0.3, -0.25) is 9.59 Å². The Hall–Kier alpha value is -2.35. The smallest absolute Gasteiger partial charge is 0.410 e. The Kier molecular flexibility index (Phi) is 12.5. The highest BCUT2D eigenvalue weighted by Crippen LogP contribution is 2.52. The summed E-state index contributed by atoms with van der Waals surface area (Å²) in [5.74, 6) is 1.82. The van der Waals surface area contributed by atoms with Crippen molar-refractivity contribution in [1.82, 2.24) is 10.2 Å². The minimum absolute atomic E-state index is 0.0110. The Morgan fingerprint density at radius 2 is 1.33 bits per heavy atom. The van der Waals surface area contributed by atoms with Gasteiger partial charge in [0, 0.05) is 28.6 Å². The summed E-state index contributed by atoms with van der Waals surface area (Å²) < 4.78 is 15.3. The molecule has 6 radical (unpaired) electrons. The van der Waals surface area contributed by atoms with Crippen molar-refractivity contribution in [2.45, 2.75) is 20.5 Å². The van der Waals surface area contributed by atoms with Crippen LogP contribution in [0.15, 0.2) is 30.3 Å². The Labute approximate surface area is 219 Å². The van der Waals surface area contributed by atoms with Gasteiger partial charge in [-0.05, 0) is 56.2 Å². The first-order valence-electron chi connectivity index (χ1n) is 11.9. The molecule has 5 rings (SSSR count). The van der Waals surface area contributed by atoms with E-state index in [9.17, 15) is 14.4 Å². The summed E-state index contributed by atoms with van der Waals surface area (Å²) in [4.78, 5) is 36.5. The van der Waals surface area contributed by atoms with Crippen molar-refractivity contribution in [3.8, 4) is 0 Å². The highest BCUT2D eigenvalue weighted by Gasteiger charge is 2.61. The van der Waals surface area contributed by atoms with Gasteiger partial charge in [0.05, 0.1) is 25.0 Å². The van der Waals surface area contributed by atoms with E-state index < -0.39 is 0 Å². The van der Waals surface area contributed by atoms with Gasteiger partial charge in [0.25, 0.3) is 0 Å².